The molecule has 2 aromatic rings. The Morgan fingerprint density at radius 1 is 1.43 bits per heavy atom. The van der Waals surface area contributed by atoms with Crippen molar-refractivity contribution in [3.05, 3.63) is 35.5 Å². The first kappa shape index (κ1) is 14.6. The zero-order chi connectivity index (χ0) is 14.8. The fourth-order valence-corrected chi connectivity index (χ4v) is 3.11. The number of hydrogen-bond donors (Lipinski definition) is 1. The number of pyridine rings is 1. The molecule has 4 nitrogen and oxygen atoms in total. The van der Waals surface area contributed by atoms with Gasteiger partial charge in [-0.3, -0.25) is 4.98 Å². The summed E-state index contributed by atoms with van der Waals surface area (Å²) in [7, 11) is 1.72. The topological polar surface area (TPSA) is 43.4 Å². The Hall–Kier alpha value is -1.36. The van der Waals surface area contributed by atoms with E-state index in [1.54, 1.807) is 13.3 Å². The molecule has 3 atom stereocenters. The summed E-state index contributed by atoms with van der Waals surface area (Å²) in [5, 5.41) is 5.23. The van der Waals surface area contributed by atoms with Gasteiger partial charge in [-0.2, -0.15) is 0 Å². The Morgan fingerprint density at radius 2 is 2.29 bits per heavy atom. The van der Waals surface area contributed by atoms with Crippen LogP contribution in [-0.4, -0.2) is 37.0 Å². The van der Waals surface area contributed by atoms with E-state index in [0.29, 0.717) is 11.6 Å². The fourth-order valence-electron chi connectivity index (χ4n) is 2.88. The molecule has 1 N–H and O–H groups in total. The highest BCUT2D eigenvalue weighted by molar-refractivity contribution is 6.31. The monoisotopic (exact) mass is 306 g/mol. The van der Waals surface area contributed by atoms with E-state index < -0.39 is 0 Å². The van der Waals surface area contributed by atoms with Gasteiger partial charge >= 0.3 is 0 Å². The third-order valence-corrected chi connectivity index (χ3v) is 4.13. The lowest BCUT2D eigenvalue weighted by Crippen LogP contribution is -2.56. The van der Waals surface area contributed by atoms with Crippen LogP contribution in [-0.2, 0) is 9.47 Å². The minimum atomic E-state index is 0.0580. The fraction of sp³-hybridized carbons (Fsp3) is 0.438. The zero-order valence-corrected chi connectivity index (χ0v) is 12.9. The van der Waals surface area contributed by atoms with Crippen LogP contribution >= 0.6 is 11.6 Å². The summed E-state index contributed by atoms with van der Waals surface area (Å²) in [5.41, 5.74) is 1.87. The highest BCUT2D eigenvalue weighted by atomic mass is 35.5. The maximum absolute atomic E-state index is 6.19. The SMILES string of the molecule is CCOC1CC(Nc2cc(Cl)cc3cccnc23)C1OC. The second kappa shape index (κ2) is 6.18. The van der Waals surface area contributed by atoms with Crippen molar-refractivity contribution in [3.8, 4) is 0 Å². The van der Waals surface area contributed by atoms with Gasteiger partial charge in [-0.15, -0.1) is 0 Å². The quantitative estimate of drug-likeness (QED) is 0.918. The lowest BCUT2D eigenvalue weighted by atomic mass is 9.85. The second-order valence-corrected chi connectivity index (χ2v) is 5.65. The smallest absolute Gasteiger partial charge is 0.103 e. The number of fused-ring (bicyclic) bond motifs is 1. The standard InChI is InChI=1S/C16H19ClN2O2/c1-3-21-14-9-13(16(14)20-2)19-12-8-11(17)7-10-5-4-6-18-15(10)12/h4-8,13-14,16,19H,3,9H2,1-2H3. The van der Waals surface area contributed by atoms with E-state index in [1.165, 1.54) is 0 Å². The average Bonchev–Trinajstić information content (AvgIpc) is 2.46. The third-order valence-electron chi connectivity index (χ3n) is 3.91. The van der Waals surface area contributed by atoms with Crippen LogP contribution in [0.5, 0.6) is 0 Å². The molecule has 112 valence electrons. The first-order valence-electron chi connectivity index (χ1n) is 7.18. The number of anilines is 1. The molecule has 0 radical (unpaired) electrons. The van der Waals surface area contributed by atoms with Crippen molar-refractivity contribution in [3.63, 3.8) is 0 Å². The summed E-state index contributed by atoms with van der Waals surface area (Å²) in [6.07, 6.45) is 2.94. The molecule has 1 aliphatic rings. The van der Waals surface area contributed by atoms with Gasteiger partial charge in [0.15, 0.2) is 0 Å². The van der Waals surface area contributed by atoms with Crippen molar-refractivity contribution in [2.75, 3.05) is 19.0 Å². The van der Waals surface area contributed by atoms with Crippen LogP contribution in [0.1, 0.15) is 13.3 Å². The van der Waals surface area contributed by atoms with Gasteiger partial charge in [0, 0.05) is 30.3 Å². The van der Waals surface area contributed by atoms with E-state index >= 15 is 0 Å². The molecular weight excluding hydrogens is 288 g/mol. The second-order valence-electron chi connectivity index (χ2n) is 5.21. The minimum absolute atomic E-state index is 0.0580. The van der Waals surface area contributed by atoms with Crippen molar-refractivity contribution < 1.29 is 9.47 Å². The van der Waals surface area contributed by atoms with Crippen molar-refractivity contribution in [2.24, 2.45) is 0 Å². The predicted octanol–water partition coefficient (Wildman–Crippen LogP) is 3.49. The zero-order valence-electron chi connectivity index (χ0n) is 12.2. The first-order chi connectivity index (χ1) is 10.2. The summed E-state index contributed by atoms with van der Waals surface area (Å²) >= 11 is 6.19. The number of rotatable bonds is 5. The molecule has 21 heavy (non-hydrogen) atoms. The summed E-state index contributed by atoms with van der Waals surface area (Å²) < 4.78 is 11.2. The van der Waals surface area contributed by atoms with E-state index in [2.05, 4.69) is 10.3 Å². The molecule has 0 amide bonds. The largest absolute Gasteiger partial charge is 0.378 e. The Balaban J connectivity index is 1.82. The van der Waals surface area contributed by atoms with E-state index in [-0.39, 0.29) is 18.2 Å². The Kier molecular flexibility index (Phi) is 4.29. The molecule has 0 spiro atoms. The van der Waals surface area contributed by atoms with Gasteiger partial charge in [-0.05, 0) is 31.5 Å². The van der Waals surface area contributed by atoms with Gasteiger partial charge < -0.3 is 14.8 Å². The molecule has 3 rings (SSSR count). The Labute approximate surface area is 129 Å². The number of methoxy groups -OCH3 is 1. The van der Waals surface area contributed by atoms with Crippen LogP contribution in [0, 0.1) is 0 Å². The molecule has 3 unspecified atom stereocenters. The van der Waals surface area contributed by atoms with Crippen LogP contribution < -0.4 is 5.32 Å². The lowest BCUT2D eigenvalue weighted by Gasteiger charge is -2.43. The highest BCUT2D eigenvalue weighted by Gasteiger charge is 2.42. The number of nitrogens with one attached hydrogen (secondary N) is 1. The number of aromatic nitrogens is 1. The summed E-state index contributed by atoms with van der Waals surface area (Å²) in [6, 6.07) is 7.98. The van der Waals surface area contributed by atoms with E-state index in [0.717, 1.165) is 23.0 Å². The summed E-state index contributed by atoms with van der Waals surface area (Å²) in [4.78, 5) is 4.45. The van der Waals surface area contributed by atoms with Crippen molar-refractivity contribution in [2.45, 2.75) is 31.6 Å². The van der Waals surface area contributed by atoms with Gasteiger partial charge in [-0.25, -0.2) is 0 Å². The molecule has 1 aromatic heterocycles. The maximum atomic E-state index is 6.19. The molecule has 0 bridgehead atoms. The predicted molar refractivity (Wildman–Crippen MR) is 85.0 cm³/mol. The molecule has 1 fully saturated rings. The Morgan fingerprint density at radius 3 is 3.05 bits per heavy atom. The highest BCUT2D eigenvalue weighted by Crippen LogP contribution is 2.33. The van der Waals surface area contributed by atoms with Crippen molar-refractivity contribution in [1.29, 1.82) is 0 Å². The molecule has 1 saturated carbocycles. The van der Waals surface area contributed by atoms with Crippen molar-refractivity contribution >= 4 is 28.2 Å². The minimum Gasteiger partial charge on any atom is -0.378 e. The summed E-state index contributed by atoms with van der Waals surface area (Å²) in [6.45, 7) is 2.71. The number of halogens is 1. The van der Waals surface area contributed by atoms with Gasteiger partial charge in [0.25, 0.3) is 0 Å². The molecule has 1 aliphatic carbocycles. The van der Waals surface area contributed by atoms with Crippen LogP contribution in [0.2, 0.25) is 5.02 Å². The number of hydrogen-bond acceptors (Lipinski definition) is 4. The number of benzene rings is 1. The van der Waals surface area contributed by atoms with E-state index in [4.69, 9.17) is 21.1 Å². The molecule has 1 heterocycles. The lowest BCUT2D eigenvalue weighted by molar-refractivity contribution is -0.117. The number of nitrogens with zero attached hydrogens (tertiary/aromatic N) is 1. The maximum Gasteiger partial charge on any atom is 0.103 e. The van der Waals surface area contributed by atoms with E-state index in [1.807, 2.05) is 31.2 Å². The first-order valence-corrected chi connectivity index (χ1v) is 7.56. The van der Waals surface area contributed by atoms with Crippen LogP contribution in [0.15, 0.2) is 30.5 Å². The Bertz CT molecular complexity index is 635. The average molecular weight is 307 g/mol. The van der Waals surface area contributed by atoms with Crippen LogP contribution in [0.3, 0.4) is 0 Å². The molecule has 0 saturated heterocycles. The van der Waals surface area contributed by atoms with Gasteiger partial charge in [0.1, 0.15) is 6.10 Å². The van der Waals surface area contributed by atoms with E-state index in [9.17, 15) is 0 Å². The van der Waals surface area contributed by atoms with Gasteiger partial charge in [0.2, 0.25) is 0 Å². The summed E-state index contributed by atoms with van der Waals surface area (Å²) in [5.74, 6) is 0. The number of ether oxygens (including phenoxy) is 2. The van der Waals surface area contributed by atoms with Crippen LogP contribution in [0.4, 0.5) is 5.69 Å². The van der Waals surface area contributed by atoms with Gasteiger partial charge in [0.05, 0.1) is 23.3 Å². The molecule has 5 heteroatoms. The molecular formula is C16H19ClN2O2. The third kappa shape index (κ3) is 2.84. The normalized spacial score (nSPS) is 24.8. The van der Waals surface area contributed by atoms with Gasteiger partial charge in [-0.1, -0.05) is 17.7 Å². The van der Waals surface area contributed by atoms with Crippen LogP contribution in [0.25, 0.3) is 10.9 Å². The van der Waals surface area contributed by atoms with Crippen molar-refractivity contribution in [1.82, 2.24) is 4.98 Å². The molecule has 1 aromatic carbocycles. The molecule has 0 aliphatic heterocycles.